The number of ketones is 1. The van der Waals surface area contributed by atoms with E-state index in [-0.39, 0.29) is 24.0 Å². The highest BCUT2D eigenvalue weighted by molar-refractivity contribution is 5.99. The number of rotatable bonds is 6. The molecule has 2 rings (SSSR count). The van der Waals surface area contributed by atoms with Crippen molar-refractivity contribution in [3.05, 3.63) is 29.3 Å². The van der Waals surface area contributed by atoms with E-state index in [1.165, 1.54) is 14.2 Å². The summed E-state index contributed by atoms with van der Waals surface area (Å²) in [6, 6.07) is 5.45. The molecule has 0 spiro atoms. The number of esters is 1. The van der Waals surface area contributed by atoms with Gasteiger partial charge in [-0.2, -0.15) is 0 Å². The first-order chi connectivity index (χ1) is 13.3. The Hall–Kier alpha value is -3.01. The van der Waals surface area contributed by atoms with Gasteiger partial charge in [0, 0.05) is 12.0 Å². The number of carbonyl (C=O) groups is 3. The molecular weight excluding hydrogens is 362 g/mol. The summed E-state index contributed by atoms with van der Waals surface area (Å²) >= 11 is 0. The quantitative estimate of drug-likeness (QED) is 0.595. The van der Waals surface area contributed by atoms with E-state index in [1.54, 1.807) is 13.2 Å². The number of alkyl carbamates (subject to hydrolysis) is 1. The molecule has 0 bridgehead atoms. The van der Waals surface area contributed by atoms with E-state index < -0.39 is 17.6 Å². The number of amides is 1. The highest BCUT2D eigenvalue weighted by Gasteiger charge is 2.43. The zero-order valence-electron chi connectivity index (χ0n) is 16.5. The van der Waals surface area contributed by atoms with Crippen LogP contribution in [0.15, 0.2) is 18.2 Å². The number of carbonyl (C=O) groups excluding carboxylic acids is 3. The summed E-state index contributed by atoms with van der Waals surface area (Å²) in [6.45, 7) is 1.90. The van der Waals surface area contributed by atoms with Crippen molar-refractivity contribution < 1.29 is 28.6 Å². The van der Waals surface area contributed by atoms with Gasteiger partial charge in [-0.1, -0.05) is 18.9 Å². The lowest BCUT2D eigenvalue weighted by Gasteiger charge is -2.34. The number of nitrogens with one attached hydrogen (secondary N) is 1. The molecule has 1 aromatic carbocycles. The maximum absolute atomic E-state index is 12.6. The van der Waals surface area contributed by atoms with E-state index in [2.05, 4.69) is 16.0 Å². The van der Waals surface area contributed by atoms with Gasteiger partial charge in [0.1, 0.15) is 5.75 Å². The summed E-state index contributed by atoms with van der Waals surface area (Å²) in [5, 5.41) is 2.42. The average molecular weight is 387 g/mol. The number of hydrogen-bond donors (Lipinski definition) is 1. The fraction of sp³-hybridized carbons (Fsp3) is 0.476. The summed E-state index contributed by atoms with van der Waals surface area (Å²) in [7, 11) is 3.94. The Morgan fingerprint density at radius 1 is 1.29 bits per heavy atom. The molecule has 7 heteroatoms. The molecule has 0 saturated carbocycles. The van der Waals surface area contributed by atoms with Crippen LogP contribution < -0.4 is 10.1 Å². The molecule has 0 saturated heterocycles. The molecule has 28 heavy (non-hydrogen) atoms. The van der Waals surface area contributed by atoms with Crippen molar-refractivity contribution in [2.24, 2.45) is 11.8 Å². The third-order valence-electron chi connectivity index (χ3n) is 5.26. The minimum Gasteiger partial charge on any atom is -0.497 e. The number of fused-ring (bicyclic) bond motifs is 1. The molecule has 7 nitrogen and oxygen atoms in total. The molecule has 1 aliphatic rings. The van der Waals surface area contributed by atoms with Crippen molar-refractivity contribution in [2.45, 2.75) is 31.7 Å². The second-order valence-corrected chi connectivity index (χ2v) is 6.95. The molecule has 0 fully saturated rings. The molecule has 1 N–H and O–H groups in total. The summed E-state index contributed by atoms with van der Waals surface area (Å²) in [5.74, 6) is 2.08. The lowest BCUT2D eigenvalue weighted by Crippen LogP contribution is -2.55. The van der Waals surface area contributed by atoms with E-state index in [0.717, 1.165) is 5.56 Å². The summed E-state index contributed by atoms with van der Waals surface area (Å²) in [5.41, 5.74) is -0.0734. The molecule has 150 valence electrons. The molecule has 1 amide bonds. The van der Waals surface area contributed by atoms with Crippen LogP contribution in [0.1, 0.15) is 35.7 Å². The molecule has 1 aliphatic carbocycles. The Morgan fingerprint density at radius 3 is 2.57 bits per heavy atom. The van der Waals surface area contributed by atoms with Gasteiger partial charge in [0.2, 0.25) is 5.54 Å². The van der Waals surface area contributed by atoms with Gasteiger partial charge in [-0.3, -0.25) is 10.1 Å². The Bertz CT molecular complexity index is 812. The first kappa shape index (κ1) is 21.3. The van der Waals surface area contributed by atoms with Crippen molar-refractivity contribution in [3.63, 3.8) is 0 Å². The van der Waals surface area contributed by atoms with Crippen LogP contribution in [0.2, 0.25) is 0 Å². The largest absolute Gasteiger partial charge is 0.497 e. The number of hydrogen-bond acceptors (Lipinski definition) is 6. The Balaban J connectivity index is 2.25. The SMILES string of the molecule is C#CC(CC(C)C1CC(=O)c2cc(OC)ccc2C1)(NC(=O)OC)C(=O)OC. The van der Waals surface area contributed by atoms with Gasteiger partial charge in [-0.05, 0) is 42.4 Å². The van der Waals surface area contributed by atoms with Crippen molar-refractivity contribution in [3.8, 4) is 18.1 Å². The van der Waals surface area contributed by atoms with Gasteiger partial charge in [-0.15, -0.1) is 6.42 Å². The zero-order chi connectivity index (χ0) is 20.9. The monoisotopic (exact) mass is 387 g/mol. The number of terminal acetylenes is 1. The maximum Gasteiger partial charge on any atom is 0.408 e. The highest BCUT2D eigenvalue weighted by atomic mass is 16.5. The van der Waals surface area contributed by atoms with Crippen LogP contribution in [-0.2, 0) is 20.7 Å². The van der Waals surface area contributed by atoms with Crippen LogP contribution in [0.25, 0.3) is 0 Å². The molecule has 0 aromatic heterocycles. The lowest BCUT2D eigenvalue weighted by molar-refractivity contribution is -0.146. The Labute approximate surface area is 164 Å². The van der Waals surface area contributed by atoms with Crippen molar-refractivity contribution in [2.75, 3.05) is 21.3 Å². The van der Waals surface area contributed by atoms with Crippen LogP contribution in [0.5, 0.6) is 5.75 Å². The summed E-state index contributed by atoms with van der Waals surface area (Å²) < 4.78 is 14.6. The first-order valence-corrected chi connectivity index (χ1v) is 8.92. The van der Waals surface area contributed by atoms with E-state index in [0.29, 0.717) is 24.2 Å². The fourth-order valence-corrected chi connectivity index (χ4v) is 3.61. The molecule has 0 radical (unpaired) electrons. The second kappa shape index (κ2) is 8.79. The minimum absolute atomic E-state index is 0.0160. The van der Waals surface area contributed by atoms with Crippen molar-refractivity contribution in [1.29, 1.82) is 0 Å². The molecule has 3 unspecified atom stereocenters. The number of Topliss-reactive ketones (excluding diaryl/α,β-unsaturated/α-hetero) is 1. The van der Waals surface area contributed by atoms with Gasteiger partial charge in [-0.25, -0.2) is 9.59 Å². The van der Waals surface area contributed by atoms with E-state index in [1.807, 2.05) is 19.1 Å². The highest BCUT2D eigenvalue weighted by Crippen LogP contribution is 2.35. The number of methoxy groups -OCH3 is 3. The minimum atomic E-state index is -1.66. The Morgan fingerprint density at radius 2 is 2.00 bits per heavy atom. The zero-order valence-corrected chi connectivity index (χ0v) is 16.5. The topological polar surface area (TPSA) is 90.9 Å². The molecule has 0 aliphatic heterocycles. The fourth-order valence-electron chi connectivity index (χ4n) is 3.61. The summed E-state index contributed by atoms with van der Waals surface area (Å²) in [6.07, 6.45) is 5.87. The molecule has 3 atom stereocenters. The number of ether oxygens (including phenoxy) is 3. The van der Waals surface area contributed by atoms with Gasteiger partial charge in [0.15, 0.2) is 5.78 Å². The van der Waals surface area contributed by atoms with Crippen LogP contribution in [-0.4, -0.2) is 44.7 Å². The normalized spacial score (nSPS) is 18.7. The average Bonchev–Trinajstić information content (AvgIpc) is 2.71. The van der Waals surface area contributed by atoms with Gasteiger partial charge in [0.05, 0.1) is 21.3 Å². The smallest absolute Gasteiger partial charge is 0.408 e. The maximum atomic E-state index is 12.6. The summed E-state index contributed by atoms with van der Waals surface area (Å²) in [4.78, 5) is 36.7. The Kier molecular flexibility index (Phi) is 6.68. The van der Waals surface area contributed by atoms with Crippen molar-refractivity contribution >= 4 is 17.8 Å². The van der Waals surface area contributed by atoms with E-state index in [9.17, 15) is 14.4 Å². The molecule has 0 heterocycles. The van der Waals surface area contributed by atoms with Gasteiger partial charge in [0.25, 0.3) is 0 Å². The third-order valence-corrected chi connectivity index (χ3v) is 5.26. The molecular formula is C21H25NO6. The third kappa shape index (κ3) is 4.28. The van der Waals surface area contributed by atoms with Crippen LogP contribution in [0, 0.1) is 24.2 Å². The second-order valence-electron chi connectivity index (χ2n) is 6.95. The predicted octanol–water partition coefficient (Wildman–Crippen LogP) is 2.37. The standard InChI is InChI=1S/C21H25NO6/c1-6-21(19(24)27-4,22-20(25)28-5)12-13(2)15-9-14-7-8-16(26-3)11-17(14)18(23)10-15/h1,7-8,11,13,15H,9-10,12H2,2-5H3,(H,22,25). The van der Waals surface area contributed by atoms with Crippen LogP contribution >= 0.6 is 0 Å². The lowest BCUT2D eigenvalue weighted by atomic mass is 9.73. The van der Waals surface area contributed by atoms with E-state index in [4.69, 9.17) is 15.9 Å². The first-order valence-electron chi connectivity index (χ1n) is 8.92. The van der Waals surface area contributed by atoms with E-state index >= 15 is 0 Å². The predicted molar refractivity (Wildman–Crippen MR) is 102 cm³/mol. The molecule has 1 aromatic rings. The number of benzene rings is 1. The van der Waals surface area contributed by atoms with Gasteiger partial charge >= 0.3 is 12.1 Å². The van der Waals surface area contributed by atoms with Crippen molar-refractivity contribution in [1.82, 2.24) is 5.32 Å². The van der Waals surface area contributed by atoms with Gasteiger partial charge < -0.3 is 14.2 Å². The van der Waals surface area contributed by atoms with Crippen LogP contribution in [0.4, 0.5) is 4.79 Å². The van der Waals surface area contributed by atoms with Crippen LogP contribution in [0.3, 0.4) is 0 Å².